The molecule has 0 saturated carbocycles. The van der Waals surface area contributed by atoms with Crippen LogP contribution in [-0.4, -0.2) is 14.2 Å². The average molecular weight is 243 g/mol. The molecule has 16 heavy (non-hydrogen) atoms. The molecule has 0 atom stereocenters. The van der Waals surface area contributed by atoms with E-state index < -0.39 is 26.6 Å². The third kappa shape index (κ3) is 1.45. The number of carbonyl (C=O) groups excluding carboxylic acids is 1. The van der Waals surface area contributed by atoms with E-state index in [-0.39, 0.29) is 11.3 Å². The average Bonchev–Trinajstić information content (AvgIpc) is 2.15. The Morgan fingerprint density at radius 1 is 1.38 bits per heavy atom. The van der Waals surface area contributed by atoms with E-state index in [1.54, 1.807) is 0 Å². The summed E-state index contributed by atoms with van der Waals surface area (Å²) in [6, 6.07) is 3.01. The first kappa shape index (κ1) is 10.6. The van der Waals surface area contributed by atoms with Gasteiger partial charge in [0.15, 0.2) is 10.7 Å². The molecule has 0 radical (unpaired) electrons. The first-order chi connectivity index (χ1) is 7.45. The maximum Gasteiger partial charge on any atom is 0.344 e. The standard InChI is InChI=1S/C9H6FNO4S/c10-5-1-2-6-7(3-5)15-16(13,14)8(4-11)9(6)12/h1-4H,11H2/b8-4-. The lowest BCUT2D eigenvalue weighted by Gasteiger charge is -2.17. The van der Waals surface area contributed by atoms with Crippen molar-refractivity contribution in [2.75, 3.05) is 0 Å². The van der Waals surface area contributed by atoms with Crippen molar-refractivity contribution in [1.82, 2.24) is 0 Å². The molecular formula is C9H6FNO4S. The number of benzene rings is 1. The minimum Gasteiger partial charge on any atom is -0.403 e. The summed E-state index contributed by atoms with van der Waals surface area (Å²) >= 11 is 0. The molecule has 2 N–H and O–H groups in total. The zero-order chi connectivity index (χ0) is 11.9. The fourth-order valence-electron chi connectivity index (χ4n) is 1.32. The van der Waals surface area contributed by atoms with Gasteiger partial charge in [-0.3, -0.25) is 4.79 Å². The number of allylic oxidation sites excluding steroid dienone is 1. The highest BCUT2D eigenvalue weighted by molar-refractivity contribution is 7.92. The molecule has 0 amide bonds. The van der Waals surface area contributed by atoms with E-state index in [1.165, 1.54) is 0 Å². The molecule has 84 valence electrons. The minimum atomic E-state index is -4.23. The summed E-state index contributed by atoms with van der Waals surface area (Å²) in [6.45, 7) is 0. The third-order valence-electron chi connectivity index (χ3n) is 2.03. The van der Waals surface area contributed by atoms with Crippen molar-refractivity contribution >= 4 is 15.9 Å². The SMILES string of the molecule is N/C=C1/C(=O)c2ccc(F)cc2OS1(=O)=O. The van der Waals surface area contributed by atoms with Crippen LogP contribution in [0.25, 0.3) is 0 Å². The molecule has 1 aliphatic rings. The number of hydrogen-bond acceptors (Lipinski definition) is 5. The summed E-state index contributed by atoms with van der Waals surface area (Å²) in [7, 11) is -4.23. The Morgan fingerprint density at radius 3 is 2.69 bits per heavy atom. The first-order valence-corrected chi connectivity index (χ1v) is 5.57. The number of fused-ring (bicyclic) bond motifs is 1. The van der Waals surface area contributed by atoms with Crippen molar-refractivity contribution in [2.24, 2.45) is 5.73 Å². The van der Waals surface area contributed by atoms with Gasteiger partial charge in [-0.2, -0.15) is 8.42 Å². The Balaban J connectivity index is 2.72. The monoisotopic (exact) mass is 243 g/mol. The van der Waals surface area contributed by atoms with Crippen LogP contribution in [0.5, 0.6) is 5.75 Å². The lowest BCUT2D eigenvalue weighted by molar-refractivity contribution is 0.103. The summed E-state index contributed by atoms with van der Waals surface area (Å²) < 4.78 is 40.1. The Bertz CT molecular complexity index is 606. The van der Waals surface area contributed by atoms with E-state index in [0.717, 1.165) is 18.2 Å². The van der Waals surface area contributed by atoms with Crippen molar-refractivity contribution < 1.29 is 21.8 Å². The molecule has 1 aromatic rings. The van der Waals surface area contributed by atoms with Gasteiger partial charge in [-0.05, 0) is 12.1 Å². The zero-order valence-electron chi connectivity index (χ0n) is 7.81. The fourth-order valence-corrected chi connectivity index (χ4v) is 2.29. The van der Waals surface area contributed by atoms with Gasteiger partial charge in [0.2, 0.25) is 5.78 Å². The van der Waals surface area contributed by atoms with Gasteiger partial charge in [0, 0.05) is 12.3 Å². The Labute approximate surface area is 90.4 Å². The van der Waals surface area contributed by atoms with Gasteiger partial charge in [-0.25, -0.2) is 4.39 Å². The summed E-state index contributed by atoms with van der Waals surface area (Å²) in [5.41, 5.74) is 5.01. The minimum absolute atomic E-state index is 0.0343. The molecule has 1 aromatic carbocycles. The molecule has 2 rings (SSSR count). The molecule has 7 heteroatoms. The Hall–Kier alpha value is -1.89. The molecule has 1 heterocycles. The van der Waals surface area contributed by atoms with Crippen molar-refractivity contribution in [3.05, 3.63) is 40.7 Å². The predicted octanol–water partition coefficient (Wildman–Crippen LogP) is 0.531. The third-order valence-corrected chi connectivity index (χ3v) is 3.29. The summed E-state index contributed by atoms with van der Waals surface area (Å²) in [5.74, 6) is -1.82. The highest BCUT2D eigenvalue weighted by Crippen LogP contribution is 2.31. The molecular weight excluding hydrogens is 237 g/mol. The van der Waals surface area contributed by atoms with Crippen LogP contribution in [0.1, 0.15) is 10.4 Å². The van der Waals surface area contributed by atoms with E-state index >= 15 is 0 Å². The van der Waals surface area contributed by atoms with Crippen molar-refractivity contribution in [3.63, 3.8) is 0 Å². The maximum atomic E-state index is 12.8. The van der Waals surface area contributed by atoms with E-state index in [2.05, 4.69) is 4.18 Å². The lowest BCUT2D eigenvalue weighted by atomic mass is 10.1. The number of rotatable bonds is 0. The number of Topliss-reactive ketones (excluding diaryl/α,β-unsaturated/α-hetero) is 1. The quantitative estimate of drug-likeness (QED) is 0.530. The van der Waals surface area contributed by atoms with Gasteiger partial charge < -0.3 is 9.92 Å². The molecule has 0 spiro atoms. The van der Waals surface area contributed by atoms with Crippen LogP contribution in [0.15, 0.2) is 29.3 Å². The van der Waals surface area contributed by atoms with Crippen LogP contribution in [-0.2, 0) is 10.1 Å². The Morgan fingerprint density at radius 2 is 2.06 bits per heavy atom. The van der Waals surface area contributed by atoms with Gasteiger partial charge in [0.05, 0.1) is 5.56 Å². The normalized spacial score (nSPS) is 20.3. The van der Waals surface area contributed by atoms with Gasteiger partial charge in [-0.1, -0.05) is 0 Å². The highest BCUT2D eigenvalue weighted by Gasteiger charge is 2.35. The summed E-state index contributed by atoms with van der Waals surface area (Å²) in [4.78, 5) is 11.0. The number of hydrogen-bond donors (Lipinski definition) is 1. The largest absolute Gasteiger partial charge is 0.403 e. The fraction of sp³-hybridized carbons (Fsp3) is 0. The second kappa shape index (κ2) is 3.31. The Kier molecular flexibility index (Phi) is 2.20. The molecule has 0 fully saturated rings. The molecule has 0 bridgehead atoms. The van der Waals surface area contributed by atoms with Gasteiger partial charge >= 0.3 is 10.1 Å². The molecule has 0 unspecified atom stereocenters. The number of nitrogens with two attached hydrogens (primary N) is 1. The molecule has 0 saturated heterocycles. The predicted molar refractivity (Wildman–Crippen MR) is 52.5 cm³/mol. The summed E-state index contributed by atoms with van der Waals surface area (Å²) in [6.07, 6.45) is 0.657. The van der Waals surface area contributed by atoms with Crippen LogP contribution in [0.3, 0.4) is 0 Å². The van der Waals surface area contributed by atoms with Crippen LogP contribution in [0.4, 0.5) is 4.39 Å². The molecule has 0 aromatic heterocycles. The topological polar surface area (TPSA) is 86.5 Å². The van der Waals surface area contributed by atoms with Crippen LogP contribution in [0, 0.1) is 5.82 Å². The van der Waals surface area contributed by atoms with Crippen LogP contribution < -0.4 is 9.92 Å². The number of halogens is 1. The van der Waals surface area contributed by atoms with E-state index in [0.29, 0.717) is 6.20 Å². The van der Waals surface area contributed by atoms with Gasteiger partial charge in [-0.15, -0.1) is 0 Å². The zero-order valence-corrected chi connectivity index (χ0v) is 8.62. The van der Waals surface area contributed by atoms with Crippen LogP contribution in [0.2, 0.25) is 0 Å². The smallest absolute Gasteiger partial charge is 0.344 e. The first-order valence-electron chi connectivity index (χ1n) is 4.16. The second-order valence-electron chi connectivity index (χ2n) is 3.04. The maximum absolute atomic E-state index is 12.8. The van der Waals surface area contributed by atoms with Gasteiger partial charge in [0.1, 0.15) is 5.82 Å². The molecule has 1 aliphatic heterocycles. The second-order valence-corrected chi connectivity index (χ2v) is 4.55. The van der Waals surface area contributed by atoms with E-state index in [9.17, 15) is 17.6 Å². The van der Waals surface area contributed by atoms with E-state index in [4.69, 9.17) is 5.73 Å². The lowest BCUT2D eigenvalue weighted by Crippen LogP contribution is -2.26. The van der Waals surface area contributed by atoms with Crippen LogP contribution >= 0.6 is 0 Å². The number of carbonyl (C=O) groups is 1. The molecule has 5 nitrogen and oxygen atoms in total. The molecule has 0 aliphatic carbocycles. The van der Waals surface area contributed by atoms with Crippen molar-refractivity contribution in [2.45, 2.75) is 0 Å². The number of ketones is 1. The van der Waals surface area contributed by atoms with Gasteiger partial charge in [0.25, 0.3) is 0 Å². The van der Waals surface area contributed by atoms with E-state index in [1.807, 2.05) is 0 Å². The van der Waals surface area contributed by atoms with Crippen molar-refractivity contribution in [3.8, 4) is 5.75 Å². The highest BCUT2D eigenvalue weighted by atomic mass is 32.2. The van der Waals surface area contributed by atoms with Crippen molar-refractivity contribution in [1.29, 1.82) is 0 Å². The summed E-state index contributed by atoms with van der Waals surface area (Å²) in [5, 5.41) is 0.